The summed E-state index contributed by atoms with van der Waals surface area (Å²) in [6.07, 6.45) is 0. The minimum atomic E-state index is -0.561. The number of hydrogen-bond acceptors (Lipinski definition) is 5. The van der Waals surface area contributed by atoms with Crippen molar-refractivity contribution in [2.24, 2.45) is 4.99 Å². The van der Waals surface area contributed by atoms with Crippen LogP contribution in [0.25, 0.3) is 0 Å². The molecule has 0 saturated heterocycles. The van der Waals surface area contributed by atoms with E-state index in [1.165, 1.54) is 5.56 Å². The summed E-state index contributed by atoms with van der Waals surface area (Å²) in [6, 6.07) is 21.6. The Morgan fingerprint density at radius 1 is 0.970 bits per heavy atom. The van der Waals surface area contributed by atoms with Crippen LogP contribution in [0.2, 0.25) is 0 Å². The highest BCUT2D eigenvalue weighted by Gasteiger charge is 2.36. The van der Waals surface area contributed by atoms with Crippen molar-refractivity contribution in [3.63, 3.8) is 0 Å². The van der Waals surface area contributed by atoms with Gasteiger partial charge in [0.15, 0.2) is 11.5 Å². The molecule has 0 saturated carbocycles. The fourth-order valence-electron chi connectivity index (χ4n) is 4.01. The molecule has 1 heterocycles. The summed E-state index contributed by atoms with van der Waals surface area (Å²) in [6.45, 7) is 5.65. The first-order valence-corrected chi connectivity index (χ1v) is 11.3. The molecule has 2 N–H and O–H groups in total. The van der Waals surface area contributed by atoms with E-state index in [0.29, 0.717) is 30.4 Å². The van der Waals surface area contributed by atoms with Gasteiger partial charge in [0.1, 0.15) is 5.92 Å². The van der Waals surface area contributed by atoms with E-state index in [0.717, 1.165) is 29.0 Å². The molecule has 3 aromatic rings. The fourth-order valence-corrected chi connectivity index (χ4v) is 4.01. The van der Waals surface area contributed by atoms with E-state index in [1.807, 2.05) is 87.6 Å². The van der Waals surface area contributed by atoms with Gasteiger partial charge in [-0.25, -0.2) is 0 Å². The smallest absolute Gasteiger partial charge is 0.238 e. The zero-order valence-electron chi connectivity index (χ0n) is 19.2. The maximum atomic E-state index is 13.2. The molecule has 1 aliphatic rings. The normalized spacial score (nSPS) is 15.2. The van der Waals surface area contributed by atoms with Crippen molar-refractivity contribution in [3.05, 3.63) is 83.4 Å². The van der Waals surface area contributed by atoms with Crippen LogP contribution in [0.15, 0.2) is 71.7 Å². The van der Waals surface area contributed by atoms with E-state index in [4.69, 9.17) is 14.5 Å². The van der Waals surface area contributed by atoms with Crippen molar-refractivity contribution in [1.82, 2.24) is 5.32 Å². The van der Waals surface area contributed by atoms with Crippen LogP contribution in [0.5, 0.6) is 11.5 Å². The average molecular weight is 444 g/mol. The van der Waals surface area contributed by atoms with Crippen molar-refractivity contribution in [2.75, 3.05) is 25.6 Å². The van der Waals surface area contributed by atoms with Gasteiger partial charge in [-0.3, -0.25) is 9.79 Å². The van der Waals surface area contributed by atoms with Crippen LogP contribution in [0.3, 0.4) is 0 Å². The van der Waals surface area contributed by atoms with Gasteiger partial charge in [0.2, 0.25) is 5.91 Å². The number of anilines is 1. The SMILES string of the molecule is CCOc1cc2c(cc1OCC)C(C(=Nc1ccc(CNC)cc1)c1ccccc1)C(=O)N2. The summed E-state index contributed by atoms with van der Waals surface area (Å²) in [5.41, 5.74) is 5.13. The number of fused-ring (bicyclic) bond motifs is 1. The molecule has 170 valence electrons. The lowest BCUT2D eigenvalue weighted by atomic mass is 9.90. The van der Waals surface area contributed by atoms with Crippen molar-refractivity contribution in [3.8, 4) is 11.5 Å². The van der Waals surface area contributed by atoms with Gasteiger partial charge in [-0.05, 0) is 55.8 Å². The standard InChI is InChI=1S/C27H29N3O3/c1-4-32-23-15-21-22(16-24(23)33-5-2)30-27(31)25(21)26(19-9-7-6-8-10-19)29-20-13-11-18(12-14-20)17-28-3/h6-16,25,28H,4-5,17H2,1-3H3,(H,30,31). The number of nitrogens with one attached hydrogen (secondary N) is 2. The first kappa shape index (κ1) is 22.6. The highest BCUT2D eigenvalue weighted by Crippen LogP contribution is 2.43. The maximum absolute atomic E-state index is 13.2. The van der Waals surface area contributed by atoms with Gasteiger partial charge in [-0.1, -0.05) is 42.5 Å². The topological polar surface area (TPSA) is 72.0 Å². The van der Waals surface area contributed by atoms with E-state index < -0.39 is 5.92 Å². The average Bonchev–Trinajstić information content (AvgIpc) is 3.14. The van der Waals surface area contributed by atoms with E-state index in [2.05, 4.69) is 10.6 Å². The molecule has 0 bridgehead atoms. The quantitative estimate of drug-likeness (QED) is 0.454. The predicted molar refractivity (Wildman–Crippen MR) is 132 cm³/mol. The Morgan fingerprint density at radius 3 is 2.27 bits per heavy atom. The molecule has 1 atom stereocenters. The summed E-state index contributed by atoms with van der Waals surface area (Å²) >= 11 is 0. The number of hydrogen-bond donors (Lipinski definition) is 2. The molecule has 3 aromatic carbocycles. The van der Waals surface area contributed by atoms with Crippen molar-refractivity contribution < 1.29 is 14.3 Å². The molecule has 1 amide bonds. The molecule has 0 aromatic heterocycles. The lowest BCUT2D eigenvalue weighted by Gasteiger charge is -2.16. The molecular weight excluding hydrogens is 414 g/mol. The van der Waals surface area contributed by atoms with Crippen molar-refractivity contribution in [1.29, 1.82) is 0 Å². The summed E-state index contributed by atoms with van der Waals surface area (Å²) in [5, 5.41) is 6.16. The number of ether oxygens (including phenoxy) is 2. The van der Waals surface area contributed by atoms with Crippen LogP contribution in [0, 0.1) is 0 Å². The predicted octanol–water partition coefficient (Wildman–Crippen LogP) is 5.06. The molecule has 1 unspecified atom stereocenters. The zero-order chi connectivity index (χ0) is 23.2. The van der Waals surface area contributed by atoms with Crippen LogP contribution < -0.4 is 20.1 Å². The Morgan fingerprint density at radius 2 is 1.64 bits per heavy atom. The number of benzene rings is 3. The minimum absolute atomic E-state index is 0.115. The number of amides is 1. The number of rotatable bonds is 9. The van der Waals surface area contributed by atoms with E-state index in [1.54, 1.807) is 0 Å². The third kappa shape index (κ3) is 4.91. The van der Waals surface area contributed by atoms with Gasteiger partial charge in [-0.2, -0.15) is 0 Å². The first-order chi connectivity index (χ1) is 16.1. The second-order valence-electron chi connectivity index (χ2n) is 7.73. The minimum Gasteiger partial charge on any atom is -0.490 e. The number of carbonyl (C=O) groups is 1. The van der Waals surface area contributed by atoms with Gasteiger partial charge in [0, 0.05) is 18.3 Å². The van der Waals surface area contributed by atoms with Crippen LogP contribution in [0.1, 0.15) is 36.5 Å². The van der Waals surface area contributed by atoms with Gasteiger partial charge >= 0.3 is 0 Å². The molecule has 0 radical (unpaired) electrons. The van der Waals surface area contributed by atoms with Crippen LogP contribution in [0.4, 0.5) is 11.4 Å². The summed E-state index contributed by atoms with van der Waals surface area (Å²) in [7, 11) is 1.92. The van der Waals surface area contributed by atoms with E-state index in [-0.39, 0.29) is 5.91 Å². The summed E-state index contributed by atoms with van der Waals surface area (Å²) in [4.78, 5) is 18.2. The molecule has 0 aliphatic carbocycles. The Balaban J connectivity index is 1.82. The highest BCUT2D eigenvalue weighted by molar-refractivity contribution is 6.24. The summed E-state index contributed by atoms with van der Waals surface area (Å²) < 4.78 is 11.6. The monoisotopic (exact) mass is 443 g/mol. The Labute approximate surface area is 194 Å². The van der Waals surface area contributed by atoms with Crippen LogP contribution >= 0.6 is 0 Å². The van der Waals surface area contributed by atoms with Crippen molar-refractivity contribution in [2.45, 2.75) is 26.3 Å². The van der Waals surface area contributed by atoms with E-state index in [9.17, 15) is 4.79 Å². The Kier molecular flexibility index (Phi) is 7.05. The van der Waals surface area contributed by atoms with Crippen LogP contribution in [-0.2, 0) is 11.3 Å². The summed E-state index contributed by atoms with van der Waals surface area (Å²) in [5.74, 6) is 0.575. The Hall–Kier alpha value is -3.64. The van der Waals surface area contributed by atoms with Gasteiger partial charge < -0.3 is 20.1 Å². The lowest BCUT2D eigenvalue weighted by Crippen LogP contribution is -2.22. The maximum Gasteiger partial charge on any atom is 0.238 e. The lowest BCUT2D eigenvalue weighted by molar-refractivity contribution is -0.115. The van der Waals surface area contributed by atoms with Crippen LogP contribution in [-0.4, -0.2) is 31.9 Å². The molecule has 0 fully saturated rings. The van der Waals surface area contributed by atoms with E-state index >= 15 is 0 Å². The molecule has 1 aliphatic heterocycles. The third-order valence-electron chi connectivity index (χ3n) is 5.46. The number of nitrogens with zero attached hydrogens (tertiary/aromatic N) is 1. The molecule has 4 rings (SSSR count). The van der Waals surface area contributed by atoms with Gasteiger partial charge in [-0.15, -0.1) is 0 Å². The fraction of sp³-hybridized carbons (Fsp3) is 0.259. The molecule has 6 heteroatoms. The second kappa shape index (κ2) is 10.3. The zero-order valence-corrected chi connectivity index (χ0v) is 19.2. The number of carbonyl (C=O) groups excluding carboxylic acids is 1. The third-order valence-corrected chi connectivity index (χ3v) is 5.46. The largest absolute Gasteiger partial charge is 0.490 e. The highest BCUT2D eigenvalue weighted by atomic mass is 16.5. The molecule has 6 nitrogen and oxygen atoms in total. The van der Waals surface area contributed by atoms with Gasteiger partial charge in [0.05, 0.1) is 24.6 Å². The Bertz CT molecular complexity index is 1140. The second-order valence-corrected chi connectivity index (χ2v) is 7.73. The van der Waals surface area contributed by atoms with Crippen molar-refractivity contribution >= 4 is 23.0 Å². The molecule has 33 heavy (non-hydrogen) atoms. The van der Waals surface area contributed by atoms with Gasteiger partial charge in [0.25, 0.3) is 0 Å². The first-order valence-electron chi connectivity index (χ1n) is 11.3. The molecule has 0 spiro atoms. The molecular formula is C27H29N3O3. The number of aliphatic imine (C=N–C) groups is 1.